The molecule has 4 amide bonds. The summed E-state index contributed by atoms with van der Waals surface area (Å²) in [4.78, 5) is 73.5. The van der Waals surface area contributed by atoms with Crippen LogP contribution in [0.5, 0.6) is 0 Å². The van der Waals surface area contributed by atoms with E-state index in [-0.39, 0.29) is 53.2 Å². The second-order valence-corrected chi connectivity index (χ2v) is 18.2. The molecule has 0 radical (unpaired) electrons. The number of carbonyl (C=O) groups excluding carboxylic acids is 4. The Balaban J connectivity index is 0.855. The van der Waals surface area contributed by atoms with Crippen molar-refractivity contribution in [2.75, 3.05) is 40.6 Å². The molecule has 9 rings (SSSR count). The van der Waals surface area contributed by atoms with Crippen LogP contribution in [-0.2, 0) is 28.5 Å². The summed E-state index contributed by atoms with van der Waals surface area (Å²) >= 11 is 0. The fraction of sp³-hybridized carbons (Fsp3) is 0.532. The molecule has 4 N–H and O–H groups in total. The molecule has 16 heteroatoms. The van der Waals surface area contributed by atoms with Crippen LogP contribution in [0.4, 0.5) is 9.59 Å². The Morgan fingerprint density at radius 1 is 0.635 bits per heavy atom. The summed E-state index contributed by atoms with van der Waals surface area (Å²) in [7, 11) is 2.63. The molecule has 1 aliphatic carbocycles. The number of alkyl carbamates (subject to hydrolysis) is 2. The van der Waals surface area contributed by atoms with Gasteiger partial charge in [0.1, 0.15) is 23.7 Å². The lowest BCUT2D eigenvalue weighted by Crippen LogP contribution is -2.62. The number of aromatic nitrogens is 4. The van der Waals surface area contributed by atoms with E-state index in [1.807, 2.05) is 29.1 Å². The summed E-state index contributed by atoms with van der Waals surface area (Å²) in [5.74, 6) is 1.24. The van der Waals surface area contributed by atoms with E-state index in [0.717, 1.165) is 83.8 Å². The molecule has 0 unspecified atom stereocenters. The number of hydrogen-bond acceptors (Lipinski definition) is 10. The topological polar surface area (TPSA) is 193 Å². The minimum atomic E-state index is -0.702. The van der Waals surface area contributed by atoms with Crippen LogP contribution in [0, 0.1) is 17.3 Å². The molecular formula is C47H58N8O8. The number of H-pyrrole nitrogens is 2. The molecule has 1 spiro atoms. The van der Waals surface area contributed by atoms with Crippen LogP contribution in [0.15, 0.2) is 60.9 Å². The first kappa shape index (κ1) is 42.6. The van der Waals surface area contributed by atoms with Crippen molar-refractivity contribution in [3.63, 3.8) is 0 Å². The minimum absolute atomic E-state index is 0.00396. The van der Waals surface area contributed by atoms with Crippen LogP contribution in [0.2, 0.25) is 0 Å². The van der Waals surface area contributed by atoms with E-state index >= 15 is 0 Å². The molecule has 1 saturated carbocycles. The number of rotatable bonds is 11. The quantitative estimate of drug-likeness (QED) is 0.129. The maximum atomic E-state index is 14.2. The molecule has 4 aliphatic heterocycles. The molecule has 6 atom stereocenters. The fourth-order valence-corrected chi connectivity index (χ4v) is 10.7. The molecule has 334 valence electrons. The number of nitrogens with one attached hydrogen (secondary N) is 4. The smallest absolute Gasteiger partial charge is 0.407 e. The Kier molecular flexibility index (Phi) is 12.0. The molecule has 0 bridgehead atoms. The maximum Gasteiger partial charge on any atom is 0.407 e. The predicted octanol–water partition coefficient (Wildman–Crippen LogP) is 6.54. The second kappa shape index (κ2) is 17.8. The highest BCUT2D eigenvalue weighted by molar-refractivity contribution is 5.88. The molecule has 63 heavy (non-hydrogen) atoms. The number of amides is 4. The molecule has 5 aliphatic rings. The first-order valence-corrected chi connectivity index (χ1v) is 22.3. The van der Waals surface area contributed by atoms with Gasteiger partial charge in [0, 0.05) is 30.7 Å². The van der Waals surface area contributed by atoms with Crippen LogP contribution in [-0.4, -0.2) is 119 Å². The van der Waals surface area contributed by atoms with Gasteiger partial charge in [-0.2, -0.15) is 0 Å². The average Bonchev–Trinajstić information content (AvgIpc) is 4.11. The standard InChI is InChI=1S/C47H58N8O8/c1-27-5-15-37(54(27)43(56)39(52-45(58)60-3)33-17-19-62-20-18-33)41-48-23-35(50-41)31-11-7-29(8-12-31)30-9-13-32(14-10-30)36-24-49-42(51-36)38-16-6-28(2)55(38)44(57)40(53-46(59)61-4)34-21-47(22-34)25-63-26-47/h7-14,23-24,27-28,33-34,37-40H,5-6,15-22,25-26H2,1-4H3,(H,48,50)(H,49,51)(H,52,58)(H,53,59)/t27-,28-,37-,38-,39-,40-/m0/s1. The van der Waals surface area contributed by atoms with Crippen molar-refractivity contribution in [2.45, 2.75) is 101 Å². The number of ether oxygens (including phenoxy) is 4. The van der Waals surface area contributed by atoms with Crippen molar-refractivity contribution in [3.05, 3.63) is 72.6 Å². The van der Waals surface area contributed by atoms with Crippen molar-refractivity contribution in [3.8, 4) is 33.6 Å². The molecule has 2 aromatic heterocycles. The van der Waals surface area contributed by atoms with E-state index in [1.54, 1.807) is 0 Å². The highest BCUT2D eigenvalue weighted by Gasteiger charge is 2.55. The van der Waals surface area contributed by atoms with Gasteiger partial charge in [0.15, 0.2) is 0 Å². The Morgan fingerprint density at radius 3 is 1.48 bits per heavy atom. The lowest BCUT2D eigenvalue weighted by Gasteiger charge is -2.55. The van der Waals surface area contributed by atoms with Gasteiger partial charge in [-0.1, -0.05) is 48.5 Å². The first-order chi connectivity index (χ1) is 30.5. The third-order valence-electron chi connectivity index (χ3n) is 14.3. The number of hydrogen-bond donors (Lipinski definition) is 4. The molecule has 6 heterocycles. The Bertz CT molecular complexity index is 2280. The number of methoxy groups -OCH3 is 2. The van der Waals surface area contributed by atoms with Gasteiger partial charge in [0.05, 0.1) is 63.3 Å². The zero-order valence-corrected chi connectivity index (χ0v) is 36.4. The van der Waals surface area contributed by atoms with Crippen LogP contribution >= 0.6 is 0 Å². The third-order valence-corrected chi connectivity index (χ3v) is 14.3. The number of likely N-dealkylation sites (tertiary alicyclic amines) is 2. The zero-order chi connectivity index (χ0) is 43.8. The Labute approximate surface area is 367 Å². The molecular weight excluding hydrogens is 805 g/mol. The summed E-state index contributed by atoms with van der Waals surface area (Å²) in [6, 6.07) is 14.7. The summed E-state index contributed by atoms with van der Waals surface area (Å²) < 4.78 is 20.8. The van der Waals surface area contributed by atoms with E-state index in [2.05, 4.69) is 76.1 Å². The fourth-order valence-electron chi connectivity index (χ4n) is 10.7. The minimum Gasteiger partial charge on any atom is -0.453 e. The van der Waals surface area contributed by atoms with E-state index < -0.39 is 24.3 Å². The van der Waals surface area contributed by atoms with Crippen molar-refractivity contribution >= 4 is 24.0 Å². The van der Waals surface area contributed by atoms with Crippen LogP contribution in [0.25, 0.3) is 33.6 Å². The van der Waals surface area contributed by atoms with Gasteiger partial charge in [-0.25, -0.2) is 19.6 Å². The summed E-state index contributed by atoms with van der Waals surface area (Å²) in [5, 5.41) is 5.70. The van der Waals surface area contributed by atoms with Gasteiger partial charge >= 0.3 is 12.2 Å². The van der Waals surface area contributed by atoms with Gasteiger partial charge in [-0.3, -0.25) is 9.59 Å². The van der Waals surface area contributed by atoms with Gasteiger partial charge in [0.25, 0.3) is 0 Å². The van der Waals surface area contributed by atoms with Crippen molar-refractivity contribution in [1.82, 2.24) is 40.4 Å². The summed E-state index contributed by atoms with van der Waals surface area (Å²) in [6.45, 7) is 6.64. The molecule has 2 aromatic carbocycles. The van der Waals surface area contributed by atoms with E-state index in [0.29, 0.717) is 39.3 Å². The van der Waals surface area contributed by atoms with E-state index in [1.165, 1.54) is 14.2 Å². The Morgan fingerprint density at radius 2 is 1.06 bits per heavy atom. The summed E-state index contributed by atoms with van der Waals surface area (Å²) in [5.41, 5.74) is 5.92. The van der Waals surface area contributed by atoms with E-state index in [9.17, 15) is 19.2 Å². The lowest BCUT2D eigenvalue weighted by molar-refractivity contribution is -0.186. The number of nitrogens with zero attached hydrogens (tertiary/aromatic N) is 4. The predicted molar refractivity (Wildman–Crippen MR) is 232 cm³/mol. The van der Waals surface area contributed by atoms with Crippen LogP contribution in [0.1, 0.15) is 88.9 Å². The zero-order valence-electron chi connectivity index (χ0n) is 36.4. The van der Waals surface area contributed by atoms with Gasteiger partial charge < -0.3 is 49.3 Å². The van der Waals surface area contributed by atoms with Gasteiger partial charge in [0.2, 0.25) is 11.8 Å². The van der Waals surface area contributed by atoms with Crippen molar-refractivity contribution in [1.29, 1.82) is 0 Å². The van der Waals surface area contributed by atoms with Crippen molar-refractivity contribution < 1.29 is 38.1 Å². The number of aromatic amines is 2. The number of imidazole rings is 2. The van der Waals surface area contributed by atoms with Crippen LogP contribution < -0.4 is 10.6 Å². The molecule has 4 aromatic rings. The average molecular weight is 863 g/mol. The molecule has 16 nitrogen and oxygen atoms in total. The highest BCUT2D eigenvalue weighted by Crippen LogP contribution is 2.52. The first-order valence-electron chi connectivity index (χ1n) is 22.3. The number of benzene rings is 2. The Hall–Kier alpha value is -5.74. The lowest BCUT2D eigenvalue weighted by atomic mass is 9.58. The monoisotopic (exact) mass is 862 g/mol. The van der Waals surface area contributed by atoms with Crippen molar-refractivity contribution in [2.24, 2.45) is 17.3 Å². The van der Waals surface area contributed by atoms with Crippen LogP contribution in [0.3, 0.4) is 0 Å². The second-order valence-electron chi connectivity index (χ2n) is 18.2. The maximum absolute atomic E-state index is 14.2. The number of carbonyl (C=O) groups is 4. The largest absolute Gasteiger partial charge is 0.453 e. The van der Waals surface area contributed by atoms with Gasteiger partial charge in [-0.05, 0) is 99.3 Å². The van der Waals surface area contributed by atoms with Gasteiger partial charge in [-0.15, -0.1) is 0 Å². The normalized spacial score (nSPS) is 24.3. The summed E-state index contributed by atoms with van der Waals surface area (Å²) in [6.07, 6.45) is 8.69. The molecule has 5 fully saturated rings. The molecule has 4 saturated heterocycles. The highest BCUT2D eigenvalue weighted by atomic mass is 16.5. The van der Waals surface area contributed by atoms with E-state index in [4.69, 9.17) is 28.9 Å². The SMILES string of the molecule is COC(=O)N[C@H](C(=O)N1[C@@H](C)CC[C@H]1c1ncc(-c2ccc(-c3ccc(-c4cnc([C@@H]5CC[C@H](C)N5C(=O)[C@@H](NC(=O)OC)C5CC6(COC6)C5)[nH]4)cc3)cc2)[nH]1)C1CCOCC1. The third kappa shape index (κ3) is 8.42.